The molecule has 0 heterocycles. The van der Waals surface area contributed by atoms with E-state index in [2.05, 4.69) is 40.2 Å². The van der Waals surface area contributed by atoms with Crippen molar-refractivity contribution in [2.24, 2.45) is 11.8 Å². The lowest BCUT2D eigenvalue weighted by molar-refractivity contribution is -0.116. The van der Waals surface area contributed by atoms with Gasteiger partial charge in [0.2, 0.25) is 0 Å². The molecule has 3 rings (SSSR count). The molecule has 0 saturated carbocycles. The Labute approximate surface area is 116 Å². The third kappa shape index (κ3) is 2.22. The second-order valence-electron chi connectivity index (χ2n) is 5.04. The van der Waals surface area contributed by atoms with Crippen LogP contribution >= 0.6 is 15.9 Å². The van der Waals surface area contributed by atoms with Crippen molar-refractivity contribution in [3.05, 3.63) is 58.2 Å². The van der Waals surface area contributed by atoms with Crippen LogP contribution in [0.5, 0.6) is 0 Å². The van der Waals surface area contributed by atoms with Crippen molar-refractivity contribution >= 4 is 21.7 Å². The first-order chi connectivity index (χ1) is 8.74. The van der Waals surface area contributed by atoms with Crippen LogP contribution < -0.4 is 0 Å². The lowest BCUT2D eigenvalue weighted by Crippen LogP contribution is -2.20. The molecule has 0 amide bonds. The summed E-state index contributed by atoms with van der Waals surface area (Å²) in [6, 6.07) is 0. The van der Waals surface area contributed by atoms with Gasteiger partial charge < -0.3 is 0 Å². The number of Topliss-reactive ketones (excluding diaryl/α,β-unsaturated/α-hetero) is 1. The van der Waals surface area contributed by atoms with E-state index in [0.717, 1.165) is 22.9 Å². The van der Waals surface area contributed by atoms with Crippen molar-refractivity contribution in [2.75, 3.05) is 0 Å². The number of carbonyl (C=O) groups is 1. The van der Waals surface area contributed by atoms with Crippen LogP contribution in [0.1, 0.15) is 19.3 Å². The first-order valence-corrected chi connectivity index (χ1v) is 7.18. The van der Waals surface area contributed by atoms with E-state index in [1.54, 1.807) is 0 Å². The Morgan fingerprint density at radius 1 is 1.28 bits per heavy atom. The summed E-state index contributed by atoms with van der Waals surface area (Å²) >= 11 is 3.51. The van der Waals surface area contributed by atoms with E-state index in [9.17, 15) is 4.79 Å². The van der Waals surface area contributed by atoms with Gasteiger partial charge in [-0.1, -0.05) is 52.4 Å². The van der Waals surface area contributed by atoms with Crippen molar-refractivity contribution in [3.8, 4) is 0 Å². The van der Waals surface area contributed by atoms with Gasteiger partial charge >= 0.3 is 0 Å². The molecule has 0 fully saturated rings. The summed E-state index contributed by atoms with van der Waals surface area (Å²) < 4.78 is 1.09. The van der Waals surface area contributed by atoms with Gasteiger partial charge in [-0.25, -0.2) is 0 Å². The average molecular weight is 303 g/mol. The number of carbonyl (C=O) groups excluding carboxylic acids is 1. The molecule has 3 aliphatic rings. The maximum Gasteiger partial charge on any atom is 0.160 e. The number of hydrogen-bond donors (Lipinski definition) is 0. The van der Waals surface area contributed by atoms with Gasteiger partial charge in [-0.15, -0.1) is 0 Å². The Hall–Kier alpha value is -1.15. The van der Waals surface area contributed by atoms with Gasteiger partial charge in [-0.3, -0.25) is 4.79 Å². The van der Waals surface area contributed by atoms with Crippen molar-refractivity contribution in [1.82, 2.24) is 0 Å². The zero-order valence-electron chi connectivity index (χ0n) is 10.1. The molecule has 0 N–H and O–H groups in total. The van der Waals surface area contributed by atoms with E-state index in [1.165, 1.54) is 5.57 Å². The Kier molecular flexibility index (Phi) is 3.21. The van der Waals surface area contributed by atoms with Crippen molar-refractivity contribution < 1.29 is 4.79 Å². The Balaban J connectivity index is 1.96. The fourth-order valence-electron chi connectivity index (χ4n) is 2.85. The van der Waals surface area contributed by atoms with Crippen LogP contribution in [0.4, 0.5) is 0 Å². The molecule has 0 spiro atoms. The highest BCUT2D eigenvalue weighted by molar-refractivity contribution is 9.11. The summed E-state index contributed by atoms with van der Waals surface area (Å²) in [4.78, 5) is 12.3. The quantitative estimate of drug-likeness (QED) is 0.654. The largest absolute Gasteiger partial charge is 0.295 e. The standard InChI is InChI=1S/C16H15BrO/c17-14-8-7-13-10-16(18)15-4-2-1-3-11(15)5-6-12(13)9-14/h1-2,4,6-9,11,13H,3,5,10H2. The second kappa shape index (κ2) is 4.85. The summed E-state index contributed by atoms with van der Waals surface area (Å²) in [6.07, 6.45) is 17.4. The molecule has 3 aliphatic carbocycles. The monoisotopic (exact) mass is 302 g/mol. The van der Waals surface area contributed by atoms with Gasteiger partial charge in [0.1, 0.15) is 0 Å². The minimum atomic E-state index is 0.256. The van der Waals surface area contributed by atoms with E-state index in [4.69, 9.17) is 0 Å². The molecular weight excluding hydrogens is 288 g/mol. The van der Waals surface area contributed by atoms with Crippen LogP contribution in [0, 0.1) is 11.8 Å². The van der Waals surface area contributed by atoms with Crippen LogP contribution in [-0.4, -0.2) is 5.78 Å². The van der Waals surface area contributed by atoms with E-state index >= 15 is 0 Å². The fraction of sp³-hybridized carbons (Fsp3) is 0.312. The minimum absolute atomic E-state index is 0.256. The molecule has 0 saturated heterocycles. The number of allylic oxidation sites excluding steroid dienone is 10. The maximum atomic E-state index is 12.3. The molecule has 0 aromatic carbocycles. The Morgan fingerprint density at radius 2 is 2.17 bits per heavy atom. The average Bonchev–Trinajstić information content (AvgIpc) is 2.37. The summed E-state index contributed by atoms with van der Waals surface area (Å²) in [5.41, 5.74) is 2.31. The van der Waals surface area contributed by atoms with Gasteiger partial charge in [-0.05, 0) is 36.0 Å². The molecule has 0 aromatic rings. The molecule has 2 heteroatoms. The van der Waals surface area contributed by atoms with Crippen LogP contribution in [0.3, 0.4) is 0 Å². The molecule has 0 bridgehead atoms. The van der Waals surface area contributed by atoms with Crippen LogP contribution in [-0.2, 0) is 4.79 Å². The third-order valence-corrected chi connectivity index (χ3v) is 4.35. The van der Waals surface area contributed by atoms with E-state index in [1.807, 2.05) is 18.2 Å². The first-order valence-electron chi connectivity index (χ1n) is 6.39. The second-order valence-corrected chi connectivity index (χ2v) is 5.96. The van der Waals surface area contributed by atoms with Gasteiger partial charge in [-0.2, -0.15) is 0 Å². The molecule has 0 aromatic heterocycles. The maximum absolute atomic E-state index is 12.3. The number of halogens is 1. The highest BCUT2D eigenvalue weighted by atomic mass is 79.9. The topological polar surface area (TPSA) is 17.1 Å². The number of ketones is 1. The zero-order valence-corrected chi connectivity index (χ0v) is 11.7. The van der Waals surface area contributed by atoms with Crippen LogP contribution in [0.2, 0.25) is 0 Å². The molecule has 92 valence electrons. The Bertz CT molecular complexity index is 531. The molecular formula is C16H15BrO. The molecule has 0 aliphatic heterocycles. The predicted molar refractivity (Wildman–Crippen MR) is 77.3 cm³/mol. The number of fused-ring (bicyclic) bond motifs is 2. The first kappa shape index (κ1) is 11.9. The molecule has 0 radical (unpaired) electrons. The van der Waals surface area contributed by atoms with Crippen molar-refractivity contribution in [1.29, 1.82) is 0 Å². The SMILES string of the molecule is O=C1CC2C=CC(Br)=CC2=CCC2CC=CC=C12. The van der Waals surface area contributed by atoms with E-state index in [-0.39, 0.29) is 5.92 Å². The molecule has 18 heavy (non-hydrogen) atoms. The molecule has 2 atom stereocenters. The van der Waals surface area contributed by atoms with Gasteiger partial charge in [0.05, 0.1) is 0 Å². The van der Waals surface area contributed by atoms with E-state index < -0.39 is 0 Å². The molecule has 2 unspecified atom stereocenters. The smallest absolute Gasteiger partial charge is 0.160 e. The van der Waals surface area contributed by atoms with Gasteiger partial charge in [0, 0.05) is 16.8 Å². The van der Waals surface area contributed by atoms with Crippen LogP contribution in [0.25, 0.3) is 0 Å². The van der Waals surface area contributed by atoms with Crippen molar-refractivity contribution in [3.63, 3.8) is 0 Å². The minimum Gasteiger partial charge on any atom is -0.295 e. The van der Waals surface area contributed by atoms with Crippen LogP contribution in [0.15, 0.2) is 58.2 Å². The lowest BCUT2D eigenvalue weighted by atomic mass is 9.78. The third-order valence-electron chi connectivity index (χ3n) is 3.86. The van der Waals surface area contributed by atoms with Gasteiger partial charge in [0.15, 0.2) is 5.78 Å². The summed E-state index contributed by atoms with van der Waals surface area (Å²) in [7, 11) is 0. The summed E-state index contributed by atoms with van der Waals surface area (Å²) in [5, 5.41) is 0. The summed E-state index contributed by atoms with van der Waals surface area (Å²) in [6.45, 7) is 0. The van der Waals surface area contributed by atoms with E-state index in [0.29, 0.717) is 18.1 Å². The number of hydrogen-bond acceptors (Lipinski definition) is 1. The Morgan fingerprint density at radius 3 is 3.06 bits per heavy atom. The fourth-order valence-corrected chi connectivity index (χ4v) is 3.26. The normalized spacial score (nSPS) is 30.5. The predicted octanol–water partition coefficient (Wildman–Crippen LogP) is 4.24. The lowest BCUT2D eigenvalue weighted by Gasteiger charge is -2.26. The molecule has 1 nitrogen and oxygen atoms in total. The van der Waals surface area contributed by atoms with Gasteiger partial charge in [0.25, 0.3) is 0 Å². The number of rotatable bonds is 0. The van der Waals surface area contributed by atoms with Crippen molar-refractivity contribution in [2.45, 2.75) is 19.3 Å². The summed E-state index contributed by atoms with van der Waals surface area (Å²) in [5.74, 6) is 0.955. The highest BCUT2D eigenvalue weighted by Gasteiger charge is 2.27. The highest BCUT2D eigenvalue weighted by Crippen LogP contribution is 2.35. The zero-order chi connectivity index (χ0) is 12.5.